The molecule has 2 heterocycles. The lowest BCUT2D eigenvalue weighted by Crippen LogP contribution is -2.40. The number of carbonyl (C=O) groups excluding carboxylic acids is 2. The van der Waals surface area contributed by atoms with E-state index in [0.717, 1.165) is 15.0 Å². The van der Waals surface area contributed by atoms with Crippen molar-refractivity contribution in [1.82, 2.24) is 19.8 Å². The standard InChI is InChI=1S/C22H22F2N4O2/c1-13(2)14-8-10-15(11-9-14)22(3)19(29)27(21(30)26-22)12-18-25-16-6-4-5-7-17(16)28(18)20(23)24/h4-11,13,20H,12H2,1-3H3,(H,26,30)/t22-/m0/s1. The molecule has 0 radical (unpaired) electrons. The molecule has 0 bridgehead atoms. The Hall–Kier alpha value is -3.29. The highest BCUT2D eigenvalue weighted by molar-refractivity contribution is 6.07. The van der Waals surface area contributed by atoms with Crippen LogP contribution in [-0.4, -0.2) is 26.4 Å². The first-order chi connectivity index (χ1) is 14.2. The maximum Gasteiger partial charge on any atom is 0.325 e. The molecule has 8 heteroatoms. The third-order valence-electron chi connectivity index (χ3n) is 5.59. The smallest absolute Gasteiger partial charge is 0.319 e. The van der Waals surface area contributed by atoms with Crippen LogP contribution < -0.4 is 5.32 Å². The predicted octanol–water partition coefficient (Wildman–Crippen LogP) is 4.52. The summed E-state index contributed by atoms with van der Waals surface area (Å²) in [6.07, 6.45) is 0. The highest BCUT2D eigenvalue weighted by Gasteiger charge is 2.49. The fourth-order valence-corrected chi connectivity index (χ4v) is 3.80. The molecule has 1 aliphatic rings. The van der Waals surface area contributed by atoms with Gasteiger partial charge in [-0.05, 0) is 36.1 Å². The molecule has 1 aromatic heterocycles. The second-order valence-corrected chi connectivity index (χ2v) is 7.89. The van der Waals surface area contributed by atoms with Crippen LogP contribution in [0.15, 0.2) is 48.5 Å². The Labute approximate surface area is 172 Å². The van der Waals surface area contributed by atoms with Crippen molar-refractivity contribution in [3.8, 4) is 0 Å². The van der Waals surface area contributed by atoms with Gasteiger partial charge in [-0.3, -0.25) is 14.3 Å². The molecule has 1 fully saturated rings. The molecule has 0 saturated carbocycles. The number of carbonyl (C=O) groups is 2. The quantitative estimate of drug-likeness (QED) is 0.627. The molecule has 156 valence electrons. The van der Waals surface area contributed by atoms with E-state index in [1.165, 1.54) is 6.07 Å². The Balaban J connectivity index is 1.67. The number of para-hydroxylation sites is 2. The molecule has 0 aliphatic carbocycles. The zero-order valence-electron chi connectivity index (χ0n) is 16.9. The van der Waals surface area contributed by atoms with E-state index in [2.05, 4.69) is 24.1 Å². The van der Waals surface area contributed by atoms with Gasteiger partial charge in [-0.25, -0.2) is 9.78 Å². The second kappa shape index (κ2) is 7.19. The van der Waals surface area contributed by atoms with Gasteiger partial charge in [-0.15, -0.1) is 0 Å². The number of rotatable bonds is 5. The predicted molar refractivity (Wildman–Crippen MR) is 108 cm³/mol. The Kier molecular flexibility index (Phi) is 4.80. The van der Waals surface area contributed by atoms with Crippen molar-refractivity contribution in [3.63, 3.8) is 0 Å². The Morgan fingerprint density at radius 2 is 1.73 bits per heavy atom. The molecular formula is C22H22F2N4O2. The zero-order valence-corrected chi connectivity index (χ0v) is 16.9. The van der Waals surface area contributed by atoms with Crippen molar-refractivity contribution < 1.29 is 18.4 Å². The number of imidazole rings is 1. The maximum atomic E-state index is 13.7. The number of aromatic nitrogens is 2. The van der Waals surface area contributed by atoms with Gasteiger partial charge in [0, 0.05) is 0 Å². The number of benzene rings is 2. The highest BCUT2D eigenvalue weighted by Crippen LogP contribution is 2.32. The van der Waals surface area contributed by atoms with Gasteiger partial charge in [-0.2, -0.15) is 8.78 Å². The van der Waals surface area contributed by atoms with Crippen molar-refractivity contribution in [2.24, 2.45) is 0 Å². The molecule has 1 saturated heterocycles. The summed E-state index contributed by atoms with van der Waals surface area (Å²) >= 11 is 0. The first-order valence-electron chi connectivity index (χ1n) is 9.71. The third-order valence-corrected chi connectivity index (χ3v) is 5.59. The molecule has 3 amide bonds. The van der Waals surface area contributed by atoms with Crippen LogP contribution in [0, 0.1) is 0 Å². The first kappa shape index (κ1) is 20.0. The fraction of sp³-hybridized carbons (Fsp3) is 0.318. The highest BCUT2D eigenvalue weighted by atomic mass is 19.3. The minimum absolute atomic E-state index is 0.0471. The van der Waals surface area contributed by atoms with Gasteiger partial charge in [0.1, 0.15) is 11.4 Å². The summed E-state index contributed by atoms with van der Waals surface area (Å²) in [6, 6.07) is 13.3. The number of urea groups is 1. The van der Waals surface area contributed by atoms with Gasteiger partial charge >= 0.3 is 12.6 Å². The van der Waals surface area contributed by atoms with Gasteiger partial charge in [0.05, 0.1) is 17.6 Å². The molecule has 1 atom stereocenters. The number of imide groups is 1. The number of nitrogens with zero attached hydrogens (tertiary/aromatic N) is 3. The van der Waals surface area contributed by atoms with E-state index in [-0.39, 0.29) is 17.9 Å². The lowest BCUT2D eigenvalue weighted by atomic mass is 9.90. The van der Waals surface area contributed by atoms with Gasteiger partial charge in [0.2, 0.25) is 0 Å². The summed E-state index contributed by atoms with van der Waals surface area (Å²) < 4.78 is 28.1. The summed E-state index contributed by atoms with van der Waals surface area (Å²) in [7, 11) is 0. The van der Waals surface area contributed by atoms with E-state index in [0.29, 0.717) is 17.0 Å². The molecule has 2 aromatic carbocycles. The number of fused-ring (bicyclic) bond motifs is 1. The molecule has 0 spiro atoms. The van der Waals surface area contributed by atoms with Gasteiger partial charge in [0.15, 0.2) is 0 Å². The fourth-order valence-electron chi connectivity index (χ4n) is 3.80. The van der Waals surface area contributed by atoms with E-state index in [1.807, 2.05) is 24.3 Å². The average Bonchev–Trinajstić information content (AvgIpc) is 3.19. The van der Waals surface area contributed by atoms with Crippen molar-refractivity contribution >= 4 is 23.0 Å². The normalized spacial score (nSPS) is 19.4. The molecule has 30 heavy (non-hydrogen) atoms. The largest absolute Gasteiger partial charge is 0.325 e. The van der Waals surface area contributed by atoms with Crippen LogP contribution in [0.1, 0.15) is 50.2 Å². The van der Waals surface area contributed by atoms with E-state index in [1.54, 1.807) is 25.1 Å². The van der Waals surface area contributed by atoms with Gasteiger partial charge in [-0.1, -0.05) is 50.2 Å². The van der Waals surface area contributed by atoms with Crippen LogP contribution in [0.2, 0.25) is 0 Å². The van der Waals surface area contributed by atoms with Gasteiger partial charge in [0.25, 0.3) is 5.91 Å². The summed E-state index contributed by atoms with van der Waals surface area (Å²) in [5.74, 6) is -0.216. The molecule has 0 unspecified atom stereocenters. The zero-order chi connectivity index (χ0) is 21.6. The Morgan fingerprint density at radius 1 is 1.07 bits per heavy atom. The van der Waals surface area contributed by atoms with Gasteiger partial charge < -0.3 is 5.32 Å². The molecule has 6 nitrogen and oxygen atoms in total. The molecule has 1 N–H and O–H groups in total. The summed E-state index contributed by atoms with van der Waals surface area (Å²) in [4.78, 5) is 31.0. The van der Waals surface area contributed by atoms with Crippen LogP contribution in [0.3, 0.4) is 0 Å². The number of halogens is 2. The van der Waals surface area contributed by atoms with E-state index < -0.39 is 24.0 Å². The van der Waals surface area contributed by atoms with E-state index >= 15 is 0 Å². The number of alkyl halides is 2. The van der Waals surface area contributed by atoms with Crippen LogP contribution in [0.5, 0.6) is 0 Å². The molecule has 3 aromatic rings. The second-order valence-electron chi connectivity index (χ2n) is 7.89. The molecule has 1 aliphatic heterocycles. The minimum Gasteiger partial charge on any atom is -0.319 e. The van der Waals surface area contributed by atoms with E-state index in [4.69, 9.17) is 0 Å². The van der Waals surface area contributed by atoms with Crippen LogP contribution in [-0.2, 0) is 16.9 Å². The van der Waals surface area contributed by atoms with Crippen molar-refractivity contribution in [1.29, 1.82) is 0 Å². The Bertz CT molecular complexity index is 1120. The lowest BCUT2D eigenvalue weighted by molar-refractivity contribution is -0.131. The van der Waals surface area contributed by atoms with Crippen molar-refractivity contribution in [2.45, 2.75) is 45.3 Å². The summed E-state index contributed by atoms with van der Waals surface area (Å²) in [5.41, 5.74) is 1.11. The number of hydrogen-bond donors (Lipinski definition) is 1. The topological polar surface area (TPSA) is 67.2 Å². The van der Waals surface area contributed by atoms with Crippen LogP contribution in [0.25, 0.3) is 11.0 Å². The number of nitrogens with one attached hydrogen (secondary N) is 1. The summed E-state index contributed by atoms with van der Waals surface area (Å²) in [5, 5.41) is 2.71. The monoisotopic (exact) mass is 412 g/mol. The van der Waals surface area contributed by atoms with Crippen molar-refractivity contribution in [2.75, 3.05) is 0 Å². The third kappa shape index (κ3) is 3.12. The number of amides is 3. The number of hydrogen-bond acceptors (Lipinski definition) is 3. The SMILES string of the molecule is CC(C)c1ccc([C@]2(C)NC(=O)N(Cc3nc4ccccc4n3C(F)F)C2=O)cc1. The van der Waals surface area contributed by atoms with E-state index in [9.17, 15) is 18.4 Å². The van der Waals surface area contributed by atoms with Crippen LogP contribution in [0.4, 0.5) is 13.6 Å². The molecule has 4 rings (SSSR count). The lowest BCUT2D eigenvalue weighted by Gasteiger charge is -2.23. The van der Waals surface area contributed by atoms with Crippen molar-refractivity contribution in [3.05, 3.63) is 65.5 Å². The maximum absolute atomic E-state index is 13.7. The first-order valence-corrected chi connectivity index (χ1v) is 9.71. The Morgan fingerprint density at radius 3 is 2.37 bits per heavy atom. The average molecular weight is 412 g/mol. The summed E-state index contributed by atoms with van der Waals surface area (Å²) in [6.45, 7) is 2.56. The molecular weight excluding hydrogens is 390 g/mol. The minimum atomic E-state index is -2.84. The van der Waals surface area contributed by atoms with Crippen LogP contribution >= 0.6 is 0 Å².